The van der Waals surface area contributed by atoms with Gasteiger partial charge in [-0.15, -0.1) is 0 Å². The van der Waals surface area contributed by atoms with Gasteiger partial charge in [0, 0.05) is 23.1 Å². The van der Waals surface area contributed by atoms with E-state index in [0.717, 1.165) is 90.6 Å². The van der Waals surface area contributed by atoms with Gasteiger partial charge in [-0.2, -0.15) is 0 Å². The Morgan fingerprint density at radius 1 is 0.735 bits per heavy atom. The van der Waals surface area contributed by atoms with Crippen molar-refractivity contribution in [3.05, 3.63) is 84.4 Å². The Labute approximate surface area is 200 Å². The second-order valence-electron chi connectivity index (χ2n) is 8.47. The van der Waals surface area contributed by atoms with E-state index >= 15 is 0 Å². The molecule has 0 fully saturated rings. The van der Waals surface area contributed by atoms with Crippen LogP contribution in [-0.2, 0) is 0 Å². The first-order valence-electron chi connectivity index (χ1n) is 12.1. The normalized spacial score (nSPS) is 13.0. The van der Waals surface area contributed by atoms with Crippen LogP contribution in [-0.4, -0.2) is 32.1 Å². The highest BCUT2D eigenvalue weighted by molar-refractivity contribution is 5.99. The smallest absolute Gasteiger partial charge is 0.135 e. The molecule has 34 heavy (non-hydrogen) atoms. The second kappa shape index (κ2) is 10.9. The van der Waals surface area contributed by atoms with E-state index in [-0.39, 0.29) is 0 Å². The predicted molar refractivity (Wildman–Crippen MR) is 137 cm³/mol. The lowest BCUT2D eigenvalue weighted by molar-refractivity contribution is 0.287. The number of para-hydroxylation sites is 1. The molecule has 0 saturated heterocycles. The van der Waals surface area contributed by atoms with Gasteiger partial charge in [0.1, 0.15) is 28.7 Å². The zero-order chi connectivity index (χ0) is 23.0. The average Bonchev–Trinajstić information content (AvgIpc) is 3.57. The molecule has 0 radical (unpaired) electrons. The number of amidine groups is 1. The Morgan fingerprint density at radius 3 is 2.29 bits per heavy atom. The van der Waals surface area contributed by atoms with Crippen LogP contribution in [0.5, 0.6) is 11.5 Å². The molecule has 1 aliphatic heterocycles. The van der Waals surface area contributed by atoms with Crippen LogP contribution in [0.15, 0.2) is 88.3 Å². The van der Waals surface area contributed by atoms with Crippen molar-refractivity contribution >= 4 is 16.8 Å². The van der Waals surface area contributed by atoms with Crippen LogP contribution in [0.4, 0.5) is 0 Å². The SMILES string of the molecule is c1cc(OCCCCCCOc2ccc(C3=NCCN3)cc2)cc(-c2cc3ccccc3o2)c1. The van der Waals surface area contributed by atoms with Gasteiger partial charge in [-0.1, -0.05) is 30.3 Å². The third-order valence-corrected chi connectivity index (χ3v) is 5.92. The van der Waals surface area contributed by atoms with Gasteiger partial charge >= 0.3 is 0 Å². The lowest BCUT2D eigenvalue weighted by Crippen LogP contribution is -2.19. The van der Waals surface area contributed by atoms with E-state index in [2.05, 4.69) is 40.6 Å². The zero-order valence-corrected chi connectivity index (χ0v) is 19.3. The minimum Gasteiger partial charge on any atom is -0.494 e. The van der Waals surface area contributed by atoms with Crippen molar-refractivity contribution in [1.29, 1.82) is 0 Å². The van der Waals surface area contributed by atoms with Gasteiger partial charge in [-0.25, -0.2) is 0 Å². The highest BCUT2D eigenvalue weighted by Crippen LogP contribution is 2.29. The monoisotopic (exact) mass is 454 g/mol. The molecule has 2 heterocycles. The van der Waals surface area contributed by atoms with Gasteiger partial charge in [-0.05, 0) is 74.2 Å². The van der Waals surface area contributed by atoms with Gasteiger partial charge in [0.25, 0.3) is 0 Å². The molecule has 0 saturated carbocycles. The first-order chi connectivity index (χ1) is 16.8. The summed E-state index contributed by atoms with van der Waals surface area (Å²) >= 11 is 0. The number of benzene rings is 3. The molecule has 5 heteroatoms. The Hall–Kier alpha value is -3.73. The molecule has 0 aliphatic carbocycles. The van der Waals surface area contributed by atoms with Gasteiger partial charge < -0.3 is 19.2 Å². The lowest BCUT2D eigenvalue weighted by Gasteiger charge is -2.09. The zero-order valence-electron chi connectivity index (χ0n) is 19.3. The molecular formula is C29H30N2O3. The number of rotatable bonds is 11. The first kappa shape index (κ1) is 22.1. The first-order valence-corrected chi connectivity index (χ1v) is 12.1. The molecule has 4 aromatic rings. The van der Waals surface area contributed by atoms with Gasteiger partial charge in [-0.3, -0.25) is 4.99 Å². The quantitative estimate of drug-likeness (QED) is 0.264. The third kappa shape index (κ3) is 5.60. The fourth-order valence-corrected chi connectivity index (χ4v) is 4.10. The molecule has 3 aromatic carbocycles. The maximum absolute atomic E-state index is 5.98. The van der Waals surface area contributed by atoms with Crippen molar-refractivity contribution in [2.45, 2.75) is 25.7 Å². The summed E-state index contributed by atoms with van der Waals surface area (Å²) in [7, 11) is 0. The van der Waals surface area contributed by atoms with E-state index in [1.165, 1.54) is 0 Å². The summed E-state index contributed by atoms with van der Waals surface area (Å²) in [6.07, 6.45) is 4.31. The van der Waals surface area contributed by atoms with E-state index in [0.29, 0.717) is 6.61 Å². The largest absolute Gasteiger partial charge is 0.494 e. The summed E-state index contributed by atoms with van der Waals surface area (Å²) in [5.74, 6) is 3.64. The molecule has 0 amide bonds. The number of nitrogens with one attached hydrogen (secondary N) is 1. The Kier molecular flexibility index (Phi) is 7.10. The number of nitrogens with zero attached hydrogens (tertiary/aromatic N) is 1. The van der Waals surface area contributed by atoms with Crippen LogP contribution in [0.25, 0.3) is 22.3 Å². The number of unbranched alkanes of at least 4 members (excludes halogenated alkanes) is 3. The second-order valence-corrected chi connectivity index (χ2v) is 8.47. The Bertz CT molecular complexity index is 1210. The van der Waals surface area contributed by atoms with E-state index in [4.69, 9.17) is 13.9 Å². The summed E-state index contributed by atoms with van der Waals surface area (Å²) in [5, 5.41) is 4.40. The molecule has 0 atom stereocenters. The van der Waals surface area contributed by atoms with Gasteiger partial charge in [0.05, 0.1) is 19.8 Å². The number of aliphatic imine (C=N–C) groups is 1. The average molecular weight is 455 g/mol. The molecule has 5 nitrogen and oxygen atoms in total. The summed E-state index contributed by atoms with van der Waals surface area (Å²) in [5.41, 5.74) is 3.06. The maximum atomic E-state index is 5.98. The van der Waals surface area contributed by atoms with Crippen LogP contribution in [0.1, 0.15) is 31.2 Å². The molecule has 1 aliphatic rings. The van der Waals surface area contributed by atoms with Crippen LogP contribution >= 0.6 is 0 Å². The van der Waals surface area contributed by atoms with E-state index in [1.54, 1.807) is 0 Å². The van der Waals surface area contributed by atoms with Crippen molar-refractivity contribution in [3.63, 3.8) is 0 Å². The fourth-order valence-electron chi connectivity index (χ4n) is 4.10. The topological polar surface area (TPSA) is 56.0 Å². The third-order valence-electron chi connectivity index (χ3n) is 5.92. The minimum absolute atomic E-state index is 0.712. The maximum Gasteiger partial charge on any atom is 0.135 e. The number of ether oxygens (including phenoxy) is 2. The van der Waals surface area contributed by atoms with Crippen molar-refractivity contribution < 1.29 is 13.9 Å². The van der Waals surface area contributed by atoms with Crippen LogP contribution in [0.2, 0.25) is 0 Å². The highest BCUT2D eigenvalue weighted by Gasteiger charge is 2.08. The van der Waals surface area contributed by atoms with E-state index in [9.17, 15) is 0 Å². The minimum atomic E-state index is 0.712. The lowest BCUT2D eigenvalue weighted by atomic mass is 10.1. The van der Waals surface area contributed by atoms with Crippen molar-refractivity contribution in [2.24, 2.45) is 4.99 Å². The van der Waals surface area contributed by atoms with Gasteiger partial charge in [0.2, 0.25) is 0 Å². The predicted octanol–water partition coefficient (Wildman–Crippen LogP) is 6.47. The van der Waals surface area contributed by atoms with Crippen molar-refractivity contribution in [2.75, 3.05) is 26.3 Å². The Morgan fingerprint density at radius 2 is 1.53 bits per heavy atom. The number of hydrogen-bond acceptors (Lipinski definition) is 5. The van der Waals surface area contributed by atoms with E-state index < -0.39 is 0 Å². The summed E-state index contributed by atoms with van der Waals surface area (Å²) in [6.45, 7) is 3.23. The van der Waals surface area contributed by atoms with Crippen LogP contribution < -0.4 is 14.8 Å². The van der Waals surface area contributed by atoms with Crippen molar-refractivity contribution in [1.82, 2.24) is 5.32 Å². The molecular weight excluding hydrogens is 424 g/mol. The number of fused-ring (bicyclic) bond motifs is 1. The molecule has 1 aromatic heterocycles. The molecule has 5 rings (SSSR count). The summed E-state index contributed by atoms with van der Waals surface area (Å²) in [4.78, 5) is 4.44. The molecule has 0 unspecified atom stereocenters. The standard InChI is InChI=1S/C29H30N2O3/c1(5-18-32-25-14-12-22(13-15-25)29-30-16-17-31-29)2-6-19-33-26-10-7-9-23(20-26)28-21-24-8-3-4-11-27(24)34-28/h3-4,7-15,20-21H,1-2,5-6,16-19H2,(H,30,31). The van der Waals surface area contributed by atoms with Crippen LogP contribution in [0, 0.1) is 0 Å². The molecule has 0 bridgehead atoms. The summed E-state index contributed by atoms with van der Waals surface area (Å²) < 4.78 is 17.8. The molecule has 0 spiro atoms. The van der Waals surface area contributed by atoms with E-state index in [1.807, 2.05) is 48.5 Å². The van der Waals surface area contributed by atoms with Crippen molar-refractivity contribution in [3.8, 4) is 22.8 Å². The van der Waals surface area contributed by atoms with Gasteiger partial charge in [0.15, 0.2) is 0 Å². The molecule has 174 valence electrons. The fraction of sp³-hybridized carbons (Fsp3) is 0.276. The highest BCUT2D eigenvalue weighted by atomic mass is 16.5. The molecule has 1 N–H and O–H groups in total. The number of hydrogen-bond donors (Lipinski definition) is 1. The summed E-state index contributed by atoms with van der Waals surface area (Å²) in [6, 6.07) is 26.4. The number of furan rings is 1. The van der Waals surface area contributed by atoms with Crippen LogP contribution in [0.3, 0.4) is 0 Å². The Balaban J connectivity index is 0.990.